The SMILES string of the molecule is COc1cc2nccc(C(O)c3ccc(N)cc3F)c2cc1OC. The molecule has 1 atom stereocenters. The summed E-state index contributed by atoms with van der Waals surface area (Å²) < 4.78 is 24.7. The van der Waals surface area contributed by atoms with Crippen molar-refractivity contribution in [3.63, 3.8) is 0 Å². The summed E-state index contributed by atoms with van der Waals surface area (Å²) in [6.45, 7) is 0. The molecule has 0 radical (unpaired) electrons. The second kappa shape index (κ2) is 6.33. The average Bonchev–Trinajstić information content (AvgIpc) is 2.59. The third kappa shape index (κ3) is 2.72. The van der Waals surface area contributed by atoms with Crippen LogP contribution in [0.4, 0.5) is 10.1 Å². The van der Waals surface area contributed by atoms with Crippen LogP contribution in [-0.2, 0) is 0 Å². The first kappa shape index (κ1) is 16.0. The first-order valence-corrected chi connectivity index (χ1v) is 7.28. The standard InChI is InChI=1S/C18H17FN2O3/c1-23-16-8-13-11(5-6-21-15(13)9-17(16)24-2)18(22)12-4-3-10(20)7-14(12)19/h3-9,18,22H,20H2,1-2H3. The maximum atomic E-state index is 14.2. The molecule has 0 spiro atoms. The van der Waals surface area contributed by atoms with Gasteiger partial charge < -0.3 is 20.3 Å². The lowest BCUT2D eigenvalue weighted by Gasteiger charge is -2.16. The molecule has 6 heteroatoms. The van der Waals surface area contributed by atoms with Gasteiger partial charge in [0.25, 0.3) is 0 Å². The number of halogens is 1. The van der Waals surface area contributed by atoms with Crippen LogP contribution >= 0.6 is 0 Å². The lowest BCUT2D eigenvalue weighted by molar-refractivity contribution is 0.216. The van der Waals surface area contributed by atoms with Crippen LogP contribution in [0, 0.1) is 5.82 Å². The third-order valence-electron chi connectivity index (χ3n) is 3.89. The number of aromatic nitrogens is 1. The van der Waals surface area contributed by atoms with E-state index in [0.29, 0.717) is 33.7 Å². The van der Waals surface area contributed by atoms with Gasteiger partial charge in [-0.05, 0) is 29.8 Å². The van der Waals surface area contributed by atoms with Gasteiger partial charge >= 0.3 is 0 Å². The molecule has 1 heterocycles. The predicted octanol–water partition coefficient (Wildman–Crippen LogP) is 3.06. The molecule has 0 aliphatic carbocycles. The molecule has 0 aliphatic heterocycles. The first-order valence-electron chi connectivity index (χ1n) is 7.28. The molecule has 0 fully saturated rings. The van der Waals surface area contributed by atoms with Crippen molar-refractivity contribution < 1.29 is 19.0 Å². The summed E-state index contributed by atoms with van der Waals surface area (Å²) in [5, 5.41) is 11.3. The number of anilines is 1. The van der Waals surface area contributed by atoms with Crippen LogP contribution in [0.5, 0.6) is 11.5 Å². The fraction of sp³-hybridized carbons (Fsp3) is 0.167. The van der Waals surface area contributed by atoms with Crippen molar-refractivity contribution in [3.05, 3.63) is 59.5 Å². The Labute approximate surface area is 138 Å². The summed E-state index contributed by atoms with van der Waals surface area (Å²) in [6, 6.07) is 9.29. The van der Waals surface area contributed by atoms with Crippen LogP contribution in [0.15, 0.2) is 42.6 Å². The smallest absolute Gasteiger partial charge is 0.162 e. The van der Waals surface area contributed by atoms with Crippen molar-refractivity contribution in [2.75, 3.05) is 20.0 Å². The van der Waals surface area contributed by atoms with Gasteiger partial charge in [-0.1, -0.05) is 6.07 Å². The molecule has 3 rings (SSSR count). The second-order valence-corrected chi connectivity index (χ2v) is 5.31. The average molecular weight is 328 g/mol. The molecule has 0 saturated heterocycles. The highest BCUT2D eigenvalue weighted by molar-refractivity contribution is 5.86. The van der Waals surface area contributed by atoms with E-state index in [1.165, 1.54) is 26.4 Å². The van der Waals surface area contributed by atoms with Crippen LogP contribution in [0.3, 0.4) is 0 Å². The third-order valence-corrected chi connectivity index (χ3v) is 3.89. The summed E-state index contributed by atoms with van der Waals surface area (Å²) in [5.74, 6) is 0.472. The van der Waals surface area contributed by atoms with Gasteiger partial charge in [0.1, 0.15) is 11.9 Å². The summed E-state index contributed by atoms with van der Waals surface area (Å²) in [6.07, 6.45) is 0.399. The topological polar surface area (TPSA) is 77.6 Å². The van der Waals surface area contributed by atoms with Gasteiger partial charge in [0, 0.05) is 28.9 Å². The Kier molecular flexibility index (Phi) is 4.22. The number of rotatable bonds is 4. The molecule has 1 aromatic heterocycles. The van der Waals surface area contributed by atoms with Gasteiger partial charge in [0.2, 0.25) is 0 Å². The van der Waals surface area contributed by atoms with E-state index in [4.69, 9.17) is 15.2 Å². The fourth-order valence-corrected chi connectivity index (χ4v) is 2.67. The zero-order valence-electron chi connectivity index (χ0n) is 13.3. The van der Waals surface area contributed by atoms with Crippen LogP contribution in [-0.4, -0.2) is 24.3 Å². The molecule has 3 N–H and O–H groups in total. The minimum absolute atomic E-state index is 0.145. The predicted molar refractivity (Wildman–Crippen MR) is 89.7 cm³/mol. The van der Waals surface area contributed by atoms with Gasteiger partial charge in [-0.25, -0.2) is 4.39 Å². The molecule has 2 aromatic carbocycles. The number of methoxy groups -OCH3 is 2. The highest BCUT2D eigenvalue weighted by Crippen LogP contribution is 2.36. The largest absolute Gasteiger partial charge is 0.493 e. The molecule has 5 nitrogen and oxygen atoms in total. The van der Waals surface area contributed by atoms with Gasteiger partial charge in [0.05, 0.1) is 19.7 Å². The van der Waals surface area contributed by atoms with E-state index in [1.807, 2.05) is 0 Å². The van der Waals surface area contributed by atoms with Crippen molar-refractivity contribution in [2.24, 2.45) is 0 Å². The Morgan fingerprint density at radius 1 is 1.04 bits per heavy atom. The molecule has 0 bridgehead atoms. The Hall–Kier alpha value is -2.86. The van der Waals surface area contributed by atoms with E-state index in [1.54, 1.807) is 30.5 Å². The molecular weight excluding hydrogens is 311 g/mol. The lowest BCUT2D eigenvalue weighted by atomic mass is 9.97. The first-order chi connectivity index (χ1) is 11.5. The number of benzene rings is 2. The minimum atomic E-state index is -1.16. The Morgan fingerprint density at radius 3 is 2.42 bits per heavy atom. The number of nitrogen functional groups attached to an aromatic ring is 1. The molecule has 0 amide bonds. The number of fused-ring (bicyclic) bond motifs is 1. The van der Waals surface area contributed by atoms with Crippen molar-refractivity contribution in [1.29, 1.82) is 0 Å². The van der Waals surface area contributed by atoms with E-state index < -0.39 is 11.9 Å². The zero-order valence-corrected chi connectivity index (χ0v) is 13.3. The summed E-state index contributed by atoms with van der Waals surface area (Å²) >= 11 is 0. The zero-order chi connectivity index (χ0) is 17.3. The van der Waals surface area contributed by atoms with Crippen LogP contribution in [0.1, 0.15) is 17.2 Å². The van der Waals surface area contributed by atoms with E-state index in [0.717, 1.165) is 0 Å². The fourth-order valence-electron chi connectivity index (χ4n) is 2.67. The highest BCUT2D eigenvalue weighted by atomic mass is 19.1. The maximum Gasteiger partial charge on any atom is 0.162 e. The number of aliphatic hydroxyl groups excluding tert-OH is 1. The van der Waals surface area contributed by atoms with E-state index >= 15 is 0 Å². The normalized spacial score (nSPS) is 12.2. The van der Waals surface area contributed by atoms with Crippen LogP contribution in [0.25, 0.3) is 10.9 Å². The number of nitrogens with two attached hydrogens (primary N) is 1. The molecule has 124 valence electrons. The van der Waals surface area contributed by atoms with Gasteiger partial charge in [-0.2, -0.15) is 0 Å². The molecule has 3 aromatic rings. The van der Waals surface area contributed by atoms with Gasteiger partial charge in [-0.3, -0.25) is 4.98 Å². The molecule has 0 saturated carbocycles. The highest BCUT2D eigenvalue weighted by Gasteiger charge is 2.19. The summed E-state index contributed by atoms with van der Waals surface area (Å²) in [4.78, 5) is 4.28. The van der Waals surface area contributed by atoms with Crippen LogP contribution in [0.2, 0.25) is 0 Å². The lowest BCUT2D eigenvalue weighted by Crippen LogP contribution is -2.05. The number of ether oxygens (including phenoxy) is 2. The van der Waals surface area contributed by atoms with E-state index in [9.17, 15) is 9.50 Å². The molecule has 0 aliphatic rings. The molecule has 24 heavy (non-hydrogen) atoms. The minimum Gasteiger partial charge on any atom is -0.493 e. The summed E-state index contributed by atoms with van der Waals surface area (Å²) in [7, 11) is 3.06. The monoisotopic (exact) mass is 328 g/mol. The van der Waals surface area contributed by atoms with E-state index in [2.05, 4.69) is 4.98 Å². The van der Waals surface area contributed by atoms with Gasteiger partial charge in [-0.15, -0.1) is 0 Å². The summed E-state index contributed by atoms with van der Waals surface area (Å²) in [5.41, 5.74) is 7.14. The van der Waals surface area contributed by atoms with Crippen molar-refractivity contribution in [3.8, 4) is 11.5 Å². The number of hydrogen-bond acceptors (Lipinski definition) is 5. The van der Waals surface area contributed by atoms with Crippen molar-refractivity contribution in [1.82, 2.24) is 4.98 Å². The number of nitrogens with zero attached hydrogens (tertiary/aromatic N) is 1. The number of aliphatic hydroxyl groups is 1. The maximum absolute atomic E-state index is 14.2. The quantitative estimate of drug-likeness (QED) is 0.720. The number of pyridine rings is 1. The van der Waals surface area contributed by atoms with Gasteiger partial charge in [0.15, 0.2) is 11.5 Å². The Balaban J connectivity index is 2.18. The van der Waals surface area contributed by atoms with Crippen molar-refractivity contribution >= 4 is 16.6 Å². The molecule has 1 unspecified atom stereocenters. The Morgan fingerprint density at radius 2 is 1.75 bits per heavy atom. The Bertz CT molecular complexity index is 899. The van der Waals surface area contributed by atoms with Crippen LogP contribution < -0.4 is 15.2 Å². The number of hydrogen-bond donors (Lipinski definition) is 2. The molecular formula is C18H17FN2O3. The second-order valence-electron chi connectivity index (χ2n) is 5.31. The van der Waals surface area contributed by atoms with Crippen molar-refractivity contribution in [2.45, 2.75) is 6.10 Å². The van der Waals surface area contributed by atoms with E-state index in [-0.39, 0.29) is 5.56 Å².